The van der Waals surface area contributed by atoms with Gasteiger partial charge < -0.3 is 9.47 Å². The fraction of sp³-hybridized carbons (Fsp3) is 0.462. The number of aryl methyl sites for hydroxylation is 1. The highest BCUT2D eigenvalue weighted by Crippen LogP contribution is 2.45. The van der Waals surface area contributed by atoms with Gasteiger partial charge in [0.2, 0.25) is 0 Å². The van der Waals surface area contributed by atoms with Gasteiger partial charge in [-0.15, -0.1) is 6.58 Å². The smallest absolute Gasteiger partial charge is 0.164 e. The number of hydrogen-bond acceptors (Lipinski definition) is 5. The van der Waals surface area contributed by atoms with Gasteiger partial charge in [-0.05, 0) is 51.7 Å². The van der Waals surface area contributed by atoms with Crippen LogP contribution in [-0.2, 0) is 19.4 Å². The minimum Gasteiger partial charge on any atom is -0.490 e. The molecule has 2 atom stereocenters. The maximum absolute atomic E-state index is 5.98. The van der Waals surface area contributed by atoms with Crippen molar-refractivity contribution in [2.24, 2.45) is 0 Å². The second kappa shape index (κ2) is 8.58. The molecule has 6 heteroatoms. The van der Waals surface area contributed by atoms with Crippen LogP contribution in [0.5, 0.6) is 11.5 Å². The van der Waals surface area contributed by atoms with E-state index >= 15 is 0 Å². The molecule has 2 aliphatic rings. The van der Waals surface area contributed by atoms with Crippen LogP contribution in [0.2, 0.25) is 0 Å². The van der Waals surface area contributed by atoms with Crippen molar-refractivity contribution in [3.8, 4) is 11.5 Å². The lowest BCUT2D eigenvalue weighted by Crippen LogP contribution is -2.38. The van der Waals surface area contributed by atoms with E-state index in [0.717, 1.165) is 47.8 Å². The van der Waals surface area contributed by atoms with Gasteiger partial charge in [-0.3, -0.25) is 4.90 Å². The number of rotatable bonds is 8. The molecule has 168 valence electrons. The third-order valence-corrected chi connectivity index (χ3v) is 6.68. The lowest BCUT2D eigenvalue weighted by molar-refractivity contribution is 0.164. The minimum atomic E-state index is 0.384. The van der Waals surface area contributed by atoms with Crippen molar-refractivity contribution in [3.63, 3.8) is 0 Å². The van der Waals surface area contributed by atoms with Gasteiger partial charge in [-0.2, -0.15) is 5.10 Å². The summed E-state index contributed by atoms with van der Waals surface area (Å²) in [6, 6.07) is 7.39. The first-order valence-electron chi connectivity index (χ1n) is 11.7. The summed E-state index contributed by atoms with van der Waals surface area (Å²) in [6.45, 7) is 12.1. The molecule has 6 nitrogen and oxygen atoms in total. The van der Waals surface area contributed by atoms with Gasteiger partial charge in [-0.25, -0.2) is 9.50 Å². The molecule has 0 aliphatic carbocycles. The van der Waals surface area contributed by atoms with E-state index in [4.69, 9.17) is 19.6 Å². The van der Waals surface area contributed by atoms with Crippen LogP contribution in [0.4, 0.5) is 0 Å². The third-order valence-electron chi connectivity index (χ3n) is 6.68. The van der Waals surface area contributed by atoms with E-state index in [1.807, 2.05) is 26.8 Å². The Morgan fingerprint density at radius 3 is 2.78 bits per heavy atom. The predicted octanol–water partition coefficient (Wildman–Crippen LogP) is 4.83. The summed E-state index contributed by atoms with van der Waals surface area (Å²) in [4.78, 5) is 7.36. The first-order chi connectivity index (χ1) is 15.6. The topological polar surface area (TPSA) is 51.9 Å². The van der Waals surface area contributed by atoms with Crippen molar-refractivity contribution in [2.45, 2.75) is 65.1 Å². The number of ether oxygens (including phenoxy) is 2. The van der Waals surface area contributed by atoms with Crippen LogP contribution in [0.1, 0.15) is 60.8 Å². The van der Waals surface area contributed by atoms with Gasteiger partial charge in [0.1, 0.15) is 0 Å². The van der Waals surface area contributed by atoms with Crippen molar-refractivity contribution < 1.29 is 9.47 Å². The molecule has 1 aromatic carbocycles. The van der Waals surface area contributed by atoms with E-state index < -0.39 is 0 Å². The van der Waals surface area contributed by atoms with Crippen molar-refractivity contribution in [1.29, 1.82) is 0 Å². The first kappa shape index (κ1) is 21.0. The van der Waals surface area contributed by atoms with Gasteiger partial charge in [0.05, 0.1) is 24.6 Å². The minimum absolute atomic E-state index is 0.384. The van der Waals surface area contributed by atoms with Crippen LogP contribution in [-0.4, -0.2) is 38.8 Å². The number of fused-ring (bicyclic) bond motifs is 6. The summed E-state index contributed by atoms with van der Waals surface area (Å²) in [5.41, 5.74) is 7.04. The Morgan fingerprint density at radius 1 is 1.16 bits per heavy atom. The molecule has 0 spiro atoms. The molecule has 3 aromatic rings. The summed E-state index contributed by atoms with van der Waals surface area (Å²) in [5.74, 6) is 1.69. The molecule has 2 aliphatic heterocycles. The Kier molecular flexibility index (Phi) is 5.64. The van der Waals surface area contributed by atoms with E-state index in [0.29, 0.717) is 25.3 Å². The summed E-state index contributed by atoms with van der Waals surface area (Å²) < 4.78 is 14.0. The Balaban J connectivity index is 1.49. The summed E-state index contributed by atoms with van der Waals surface area (Å²) >= 11 is 0. The van der Waals surface area contributed by atoms with Crippen LogP contribution in [0.25, 0.3) is 5.65 Å². The monoisotopic (exact) mass is 432 g/mol. The van der Waals surface area contributed by atoms with Gasteiger partial charge in [0, 0.05) is 48.4 Å². The highest BCUT2D eigenvalue weighted by molar-refractivity contribution is 5.51. The van der Waals surface area contributed by atoms with E-state index in [1.54, 1.807) is 0 Å². The lowest BCUT2D eigenvalue weighted by atomic mass is 9.97. The molecular weight excluding hydrogens is 400 g/mol. The molecule has 0 amide bonds. The molecule has 5 rings (SSSR count). The lowest BCUT2D eigenvalue weighted by Gasteiger charge is -2.36. The molecule has 2 aromatic heterocycles. The van der Waals surface area contributed by atoms with Crippen molar-refractivity contribution in [3.05, 3.63) is 65.1 Å². The molecule has 2 bridgehead atoms. The number of hydrogen-bond donors (Lipinski definition) is 0. The van der Waals surface area contributed by atoms with E-state index in [2.05, 4.69) is 40.4 Å². The average Bonchev–Trinajstić information content (AvgIpc) is 3.28. The zero-order chi connectivity index (χ0) is 22.2. The SMILES string of the molecule is C=CCc1cc(CN2C3CCC2c2cnc4cc(C)nn4c2C3)cc(OCC)c1OCC. The quantitative estimate of drug-likeness (QED) is 0.478. The molecule has 32 heavy (non-hydrogen) atoms. The second-order valence-corrected chi connectivity index (χ2v) is 8.78. The predicted molar refractivity (Wildman–Crippen MR) is 125 cm³/mol. The Bertz CT molecular complexity index is 1150. The molecule has 1 fully saturated rings. The van der Waals surface area contributed by atoms with E-state index in [-0.39, 0.29) is 0 Å². The van der Waals surface area contributed by atoms with Crippen molar-refractivity contribution >= 4 is 5.65 Å². The molecule has 1 saturated heterocycles. The third kappa shape index (κ3) is 3.56. The number of aromatic nitrogens is 3. The van der Waals surface area contributed by atoms with Crippen LogP contribution < -0.4 is 9.47 Å². The normalized spacial score (nSPS) is 19.8. The van der Waals surface area contributed by atoms with Crippen LogP contribution in [0.15, 0.2) is 37.1 Å². The summed E-state index contributed by atoms with van der Waals surface area (Å²) in [6.07, 6.45) is 8.16. The van der Waals surface area contributed by atoms with Gasteiger partial charge in [0.25, 0.3) is 0 Å². The largest absolute Gasteiger partial charge is 0.490 e. The summed E-state index contributed by atoms with van der Waals surface area (Å²) in [5, 5.41) is 4.72. The second-order valence-electron chi connectivity index (χ2n) is 8.78. The maximum atomic E-state index is 5.98. The number of allylic oxidation sites excluding steroid dienone is 1. The Labute approximate surface area is 189 Å². The van der Waals surface area contributed by atoms with Crippen LogP contribution >= 0.6 is 0 Å². The maximum Gasteiger partial charge on any atom is 0.164 e. The average molecular weight is 433 g/mol. The van der Waals surface area contributed by atoms with E-state index in [9.17, 15) is 0 Å². The molecule has 0 N–H and O–H groups in total. The Morgan fingerprint density at radius 2 is 2.00 bits per heavy atom. The molecule has 2 unspecified atom stereocenters. The first-order valence-corrected chi connectivity index (χ1v) is 11.7. The fourth-order valence-corrected chi connectivity index (χ4v) is 5.45. The van der Waals surface area contributed by atoms with Gasteiger partial charge >= 0.3 is 0 Å². The zero-order valence-electron chi connectivity index (χ0n) is 19.3. The van der Waals surface area contributed by atoms with E-state index in [1.165, 1.54) is 29.7 Å². The Hall–Kier alpha value is -2.86. The standard InChI is InChI=1S/C26H32N4O2/c1-5-8-19-12-18(13-24(31-6-2)26(19)32-7-3)16-29-20-9-10-22(29)21-15-27-25-11-17(4)28-30(25)23(21)14-20/h5,11-13,15,20,22H,1,6-10,14,16H2,2-4H3. The fourth-order valence-electron chi connectivity index (χ4n) is 5.45. The van der Waals surface area contributed by atoms with Crippen LogP contribution in [0.3, 0.4) is 0 Å². The van der Waals surface area contributed by atoms with Crippen LogP contribution in [0, 0.1) is 6.92 Å². The number of benzene rings is 1. The highest BCUT2D eigenvalue weighted by atomic mass is 16.5. The molecule has 4 heterocycles. The number of nitrogens with zero attached hydrogens (tertiary/aromatic N) is 4. The molecular formula is C26H32N4O2. The van der Waals surface area contributed by atoms with Gasteiger partial charge in [0.15, 0.2) is 17.1 Å². The van der Waals surface area contributed by atoms with Gasteiger partial charge in [-0.1, -0.05) is 12.1 Å². The molecule has 0 radical (unpaired) electrons. The highest BCUT2D eigenvalue weighted by Gasteiger charge is 2.41. The van der Waals surface area contributed by atoms with Crippen molar-refractivity contribution in [2.75, 3.05) is 13.2 Å². The summed E-state index contributed by atoms with van der Waals surface area (Å²) in [7, 11) is 0. The molecule has 0 saturated carbocycles. The van der Waals surface area contributed by atoms with Crippen molar-refractivity contribution in [1.82, 2.24) is 19.5 Å². The zero-order valence-corrected chi connectivity index (χ0v) is 19.3.